The molecule has 0 fully saturated rings. The van der Waals surface area contributed by atoms with Crippen molar-refractivity contribution in [3.63, 3.8) is 0 Å². The number of amides is 1. The van der Waals surface area contributed by atoms with Crippen molar-refractivity contribution in [3.05, 3.63) is 69.5 Å². The van der Waals surface area contributed by atoms with Gasteiger partial charge < -0.3 is 10.2 Å². The summed E-state index contributed by atoms with van der Waals surface area (Å²) in [7, 11) is 3.39. The molecule has 0 saturated heterocycles. The highest BCUT2D eigenvalue weighted by atomic mass is 19.1. The van der Waals surface area contributed by atoms with E-state index in [0.29, 0.717) is 5.69 Å². The Morgan fingerprint density at radius 3 is 2.28 bits per heavy atom. The van der Waals surface area contributed by atoms with Crippen molar-refractivity contribution in [2.24, 2.45) is 0 Å². The van der Waals surface area contributed by atoms with Crippen LogP contribution >= 0.6 is 0 Å². The first-order valence-corrected chi connectivity index (χ1v) is 7.66. The number of nitrogens with one attached hydrogen (secondary N) is 1. The standard InChI is InChI=1S/C18H20FN3O3/c1-18(2,13-6-8-14(19)9-7-13)20-17(23)12-5-10-15(21(3)4)16(11-12)22(24)25/h5-11H,1-4H3,(H,20,23). The number of nitro groups is 1. The highest BCUT2D eigenvalue weighted by molar-refractivity contribution is 5.96. The number of rotatable bonds is 5. The zero-order valence-electron chi connectivity index (χ0n) is 14.5. The summed E-state index contributed by atoms with van der Waals surface area (Å²) in [4.78, 5) is 24.9. The van der Waals surface area contributed by atoms with Crippen LogP contribution in [0.3, 0.4) is 0 Å². The molecule has 0 bridgehead atoms. The van der Waals surface area contributed by atoms with Crippen LogP contribution in [0.1, 0.15) is 29.8 Å². The van der Waals surface area contributed by atoms with Crippen molar-refractivity contribution in [1.29, 1.82) is 0 Å². The van der Waals surface area contributed by atoms with E-state index in [2.05, 4.69) is 5.32 Å². The highest BCUT2D eigenvalue weighted by Gasteiger charge is 2.25. The number of nitrogens with zero attached hydrogens (tertiary/aromatic N) is 2. The smallest absolute Gasteiger partial charge is 0.293 e. The fourth-order valence-corrected chi connectivity index (χ4v) is 2.48. The molecule has 2 aromatic rings. The second-order valence-electron chi connectivity index (χ2n) is 6.44. The van der Waals surface area contributed by atoms with Crippen molar-refractivity contribution < 1.29 is 14.1 Å². The summed E-state index contributed by atoms with van der Waals surface area (Å²) in [6.45, 7) is 3.56. The van der Waals surface area contributed by atoms with Gasteiger partial charge in [-0.3, -0.25) is 14.9 Å². The second-order valence-corrected chi connectivity index (χ2v) is 6.44. The minimum absolute atomic E-state index is 0.141. The summed E-state index contributed by atoms with van der Waals surface area (Å²) in [5.41, 5.74) is 0.422. The van der Waals surface area contributed by atoms with Crippen molar-refractivity contribution in [2.45, 2.75) is 19.4 Å². The van der Waals surface area contributed by atoms with E-state index in [0.717, 1.165) is 5.56 Å². The van der Waals surface area contributed by atoms with E-state index in [4.69, 9.17) is 0 Å². The molecular weight excluding hydrogens is 325 g/mol. The molecule has 0 spiro atoms. The SMILES string of the molecule is CN(C)c1ccc(C(=O)NC(C)(C)c2ccc(F)cc2)cc1[N+](=O)[O-]. The van der Waals surface area contributed by atoms with Gasteiger partial charge in [0.25, 0.3) is 11.6 Å². The van der Waals surface area contributed by atoms with E-state index in [1.807, 2.05) is 0 Å². The third kappa shape index (κ3) is 4.12. The first-order valence-electron chi connectivity index (χ1n) is 7.66. The Hall–Kier alpha value is -2.96. The molecule has 2 aromatic carbocycles. The Morgan fingerprint density at radius 1 is 1.16 bits per heavy atom. The third-order valence-corrected chi connectivity index (χ3v) is 3.91. The molecule has 0 atom stereocenters. The van der Waals surface area contributed by atoms with Crippen molar-refractivity contribution >= 4 is 17.3 Å². The largest absolute Gasteiger partial charge is 0.372 e. The van der Waals surface area contributed by atoms with Crippen molar-refractivity contribution in [2.75, 3.05) is 19.0 Å². The van der Waals surface area contributed by atoms with Gasteiger partial charge in [0.1, 0.15) is 11.5 Å². The van der Waals surface area contributed by atoms with Crippen LogP contribution in [0.4, 0.5) is 15.8 Å². The van der Waals surface area contributed by atoms with Crippen LogP contribution in [0, 0.1) is 15.9 Å². The molecule has 132 valence electrons. The Kier molecular flexibility index (Phi) is 5.06. The first-order chi connectivity index (χ1) is 11.6. The van der Waals surface area contributed by atoms with Crippen LogP contribution in [0.25, 0.3) is 0 Å². The molecular formula is C18H20FN3O3. The van der Waals surface area contributed by atoms with Gasteiger partial charge in [-0.05, 0) is 43.7 Å². The average molecular weight is 345 g/mol. The zero-order chi connectivity index (χ0) is 18.8. The minimum Gasteiger partial charge on any atom is -0.372 e. The lowest BCUT2D eigenvalue weighted by atomic mass is 9.93. The van der Waals surface area contributed by atoms with Crippen LogP contribution in [0.5, 0.6) is 0 Å². The molecule has 0 unspecified atom stereocenters. The number of benzene rings is 2. The summed E-state index contributed by atoms with van der Waals surface area (Å²) in [5, 5.41) is 14.1. The minimum atomic E-state index is -0.764. The number of carbonyl (C=O) groups is 1. The van der Waals surface area contributed by atoms with Crippen LogP contribution in [-0.2, 0) is 5.54 Å². The maximum absolute atomic E-state index is 13.1. The summed E-state index contributed by atoms with van der Waals surface area (Å²) in [5.74, 6) is -0.802. The molecule has 1 amide bonds. The van der Waals surface area contributed by atoms with Gasteiger partial charge in [0.15, 0.2) is 0 Å². The summed E-state index contributed by atoms with van der Waals surface area (Å²) < 4.78 is 13.1. The molecule has 0 aliphatic heterocycles. The molecule has 25 heavy (non-hydrogen) atoms. The van der Waals surface area contributed by atoms with Gasteiger partial charge in [-0.25, -0.2) is 4.39 Å². The molecule has 0 aliphatic carbocycles. The predicted octanol–water partition coefficient (Wildman–Crippen LogP) is 3.47. The number of anilines is 1. The normalized spacial score (nSPS) is 11.1. The van der Waals surface area contributed by atoms with E-state index in [1.165, 1.54) is 24.3 Å². The fraction of sp³-hybridized carbons (Fsp3) is 0.278. The lowest BCUT2D eigenvalue weighted by molar-refractivity contribution is -0.384. The van der Waals surface area contributed by atoms with Crippen LogP contribution in [-0.4, -0.2) is 24.9 Å². The highest BCUT2D eigenvalue weighted by Crippen LogP contribution is 2.28. The molecule has 1 N–H and O–H groups in total. The van der Waals surface area contributed by atoms with Crippen LogP contribution < -0.4 is 10.2 Å². The van der Waals surface area contributed by atoms with Gasteiger partial charge in [-0.1, -0.05) is 12.1 Å². The lowest BCUT2D eigenvalue weighted by Crippen LogP contribution is -2.41. The van der Waals surface area contributed by atoms with Gasteiger partial charge in [0.2, 0.25) is 0 Å². The molecule has 7 heteroatoms. The summed E-state index contributed by atoms with van der Waals surface area (Å²) in [6.07, 6.45) is 0. The summed E-state index contributed by atoms with van der Waals surface area (Å²) in [6, 6.07) is 10.2. The molecule has 6 nitrogen and oxygen atoms in total. The Morgan fingerprint density at radius 2 is 1.76 bits per heavy atom. The van der Waals surface area contributed by atoms with E-state index >= 15 is 0 Å². The topological polar surface area (TPSA) is 75.5 Å². The van der Waals surface area contributed by atoms with Gasteiger partial charge in [-0.15, -0.1) is 0 Å². The third-order valence-electron chi connectivity index (χ3n) is 3.91. The maximum Gasteiger partial charge on any atom is 0.293 e. The van der Waals surface area contributed by atoms with Gasteiger partial charge in [0.05, 0.1) is 10.5 Å². The molecule has 2 rings (SSSR count). The summed E-state index contributed by atoms with van der Waals surface area (Å²) >= 11 is 0. The second kappa shape index (κ2) is 6.88. The van der Waals surface area contributed by atoms with E-state index in [9.17, 15) is 19.3 Å². The quantitative estimate of drug-likeness (QED) is 0.665. The van der Waals surface area contributed by atoms with E-state index in [1.54, 1.807) is 51.0 Å². The number of hydrogen-bond acceptors (Lipinski definition) is 4. The van der Waals surface area contributed by atoms with Gasteiger partial charge >= 0.3 is 0 Å². The first kappa shape index (κ1) is 18.4. The Bertz CT molecular complexity index is 802. The average Bonchev–Trinajstić information content (AvgIpc) is 2.54. The van der Waals surface area contributed by atoms with Gasteiger partial charge in [0, 0.05) is 25.7 Å². The number of halogens is 1. The van der Waals surface area contributed by atoms with Crippen molar-refractivity contribution in [3.8, 4) is 0 Å². The predicted molar refractivity (Wildman–Crippen MR) is 94.3 cm³/mol. The molecule has 0 radical (unpaired) electrons. The molecule has 0 heterocycles. The maximum atomic E-state index is 13.1. The lowest BCUT2D eigenvalue weighted by Gasteiger charge is -2.27. The molecule has 0 aromatic heterocycles. The van der Waals surface area contributed by atoms with E-state index in [-0.39, 0.29) is 17.1 Å². The molecule has 0 saturated carbocycles. The zero-order valence-corrected chi connectivity index (χ0v) is 14.5. The number of carbonyl (C=O) groups excluding carboxylic acids is 1. The van der Waals surface area contributed by atoms with Crippen molar-refractivity contribution in [1.82, 2.24) is 5.32 Å². The van der Waals surface area contributed by atoms with Crippen LogP contribution in [0.2, 0.25) is 0 Å². The number of hydrogen-bond donors (Lipinski definition) is 1. The number of nitro benzene ring substituents is 1. The Labute approximate surface area is 145 Å². The molecule has 0 aliphatic rings. The van der Waals surface area contributed by atoms with Gasteiger partial charge in [-0.2, -0.15) is 0 Å². The monoisotopic (exact) mass is 345 g/mol. The fourth-order valence-electron chi connectivity index (χ4n) is 2.48. The Balaban J connectivity index is 2.30. The van der Waals surface area contributed by atoms with E-state index < -0.39 is 16.4 Å². The van der Waals surface area contributed by atoms with Crippen LogP contribution in [0.15, 0.2) is 42.5 Å².